The summed E-state index contributed by atoms with van der Waals surface area (Å²) in [6.07, 6.45) is 6.29. The normalized spacial score (nSPS) is 11.9. The van der Waals surface area contributed by atoms with Gasteiger partial charge in [-0.2, -0.15) is 0 Å². The number of imidazole rings is 1. The van der Waals surface area contributed by atoms with Crippen LogP contribution in [0.25, 0.3) is 5.70 Å². The summed E-state index contributed by atoms with van der Waals surface area (Å²) >= 11 is 0. The van der Waals surface area contributed by atoms with Gasteiger partial charge in [0.1, 0.15) is 11.9 Å². The van der Waals surface area contributed by atoms with Crippen molar-refractivity contribution in [2.75, 3.05) is 0 Å². The molecular formula is C20H20N2O. The molecule has 2 aromatic carbocycles. The third kappa shape index (κ3) is 3.34. The SMILES string of the molecule is C=C(c1ccccc1OC(CC)c1ccccc1)n1ccnc1. The van der Waals surface area contributed by atoms with Gasteiger partial charge in [-0.05, 0) is 24.1 Å². The fourth-order valence-electron chi connectivity index (χ4n) is 2.57. The minimum absolute atomic E-state index is 0.0212. The molecule has 1 aromatic heterocycles. The second kappa shape index (κ2) is 6.97. The average Bonchev–Trinajstić information content (AvgIpc) is 3.15. The quantitative estimate of drug-likeness (QED) is 0.645. The van der Waals surface area contributed by atoms with Gasteiger partial charge in [0.05, 0.1) is 12.0 Å². The second-order valence-electron chi connectivity index (χ2n) is 5.34. The molecule has 1 atom stereocenters. The Morgan fingerprint density at radius 1 is 1.13 bits per heavy atom. The predicted molar refractivity (Wildman–Crippen MR) is 93.2 cm³/mol. The van der Waals surface area contributed by atoms with Crippen LogP contribution >= 0.6 is 0 Å². The lowest BCUT2D eigenvalue weighted by Crippen LogP contribution is -2.08. The van der Waals surface area contributed by atoms with E-state index < -0.39 is 0 Å². The summed E-state index contributed by atoms with van der Waals surface area (Å²) in [5, 5.41) is 0. The standard InChI is InChI=1S/C20H20N2O/c1-3-19(17-9-5-4-6-10-17)23-20-12-8-7-11-18(20)16(2)22-14-13-21-15-22/h4-15,19H,2-3H2,1H3. The van der Waals surface area contributed by atoms with Crippen LogP contribution in [0.2, 0.25) is 0 Å². The molecule has 0 spiro atoms. The van der Waals surface area contributed by atoms with Gasteiger partial charge in [-0.15, -0.1) is 0 Å². The van der Waals surface area contributed by atoms with Crippen LogP contribution < -0.4 is 4.74 Å². The maximum Gasteiger partial charge on any atom is 0.129 e. The fraction of sp³-hybridized carbons (Fsp3) is 0.150. The van der Waals surface area contributed by atoms with Gasteiger partial charge in [-0.3, -0.25) is 0 Å². The first-order chi connectivity index (χ1) is 11.3. The van der Waals surface area contributed by atoms with Crippen LogP contribution in [0.15, 0.2) is 79.9 Å². The number of aromatic nitrogens is 2. The Morgan fingerprint density at radius 2 is 1.87 bits per heavy atom. The van der Waals surface area contributed by atoms with Crippen molar-refractivity contribution in [3.8, 4) is 5.75 Å². The molecule has 1 unspecified atom stereocenters. The maximum atomic E-state index is 6.31. The Balaban J connectivity index is 1.90. The third-order valence-corrected chi connectivity index (χ3v) is 3.83. The van der Waals surface area contributed by atoms with Gasteiger partial charge in [0.2, 0.25) is 0 Å². The lowest BCUT2D eigenvalue weighted by molar-refractivity contribution is 0.200. The number of rotatable bonds is 6. The summed E-state index contributed by atoms with van der Waals surface area (Å²) in [5.74, 6) is 0.835. The highest BCUT2D eigenvalue weighted by Gasteiger charge is 2.14. The molecule has 0 saturated heterocycles. The number of para-hydroxylation sites is 1. The zero-order valence-electron chi connectivity index (χ0n) is 13.2. The van der Waals surface area contributed by atoms with Gasteiger partial charge in [0.15, 0.2) is 0 Å². The van der Waals surface area contributed by atoms with E-state index in [1.807, 2.05) is 53.2 Å². The Labute approximate surface area is 136 Å². The lowest BCUT2D eigenvalue weighted by Gasteiger charge is -2.21. The van der Waals surface area contributed by atoms with E-state index >= 15 is 0 Å². The van der Waals surface area contributed by atoms with Crippen LogP contribution in [0.3, 0.4) is 0 Å². The molecule has 1 heterocycles. The summed E-state index contributed by atoms with van der Waals surface area (Å²) < 4.78 is 8.20. The minimum Gasteiger partial charge on any atom is -0.485 e. The number of nitrogens with zero attached hydrogens (tertiary/aromatic N) is 2. The van der Waals surface area contributed by atoms with Crippen molar-refractivity contribution in [3.63, 3.8) is 0 Å². The van der Waals surface area contributed by atoms with E-state index in [9.17, 15) is 0 Å². The lowest BCUT2D eigenvalue weighted by atomic mass is 10.1. The molecule has 0 radical (unpaired) electrons. The molecule has 116 valence electrons. The molecule has 0 saturated carbocycles. The number of hydrogen-bond acceptors (Lipinski definition) is 2. The highest BCUT2D eigenvalue weighted by Crippen LogP contribution is 2.31. The molecular weight excluding hydrogens is 284 g/mol. The van der Waals surface area contributed by atoms with E-state index in [0.29, 0.717) is 0 Å². The number of benzene rings is 2. The molecule has 3 rings (SSSR count). The zero-order valence-corrected chi connectivity index (χ0v) is 13.2. The summed E-state index contributed by atoms with van der Waals surface area (Å²) in [5.41, 5.74) is 3.00. The van der Waals surface area contributed by atoms with Crippen molar-refractivity contribution < 1.29 is 4.74 Å². The zero-order chi connectivity index (χ0) is 16.1. The highest BCUT2D eigenvalue weighted by atomic mass is 16.5. The van der Waals surface area contributed by atoms with Crippen molar-refractivity contribution in [2.45, 2.75) is 19.4 Å². The molecule has 0 aliphatic carbocycles. The molecule has 3 aromatic rings. The van der Waals surface area contributed by atoms with E-state index in [2.05, 4.69) is 30.6 Å². The first kappa shape index (κ1) is 15.1. The van der Waals surface area contributed by atoms with Crippen molar-refractivity contribution in [1.29, 1.82) is 0 Å². The first-order valence-electron chi connectivity index (χ1n) is 7.78. The smallest absolute Gasteiger partial charge is 0.129 e. The van der Waals surface area contributed by atoms with Crippen LogP contribution in [-0.2, 0) is 0 Å². The maximum absolute atomic E-state index is 6.31. The summed E-state index contributed by atoms with van der Waals surface area (Å²) in [4.78, 5) is 4.08. The third-order valence-electron chi connectivity index (χ3n) is 3.83. The average molecular weight is 304 g/mol. The Morgan fingerprint density at radius 3 is 2.57 bits per heavy atom. The fourth-order valence-corrected chi connectivity index (χ4v) is 2.57. The van der Waals surface area contributed by atoms with Crippen LogP contribution in [0.4, 0.5) is 0 Å². The Hall–Kier alpha value is -2.81. The molecule has 3 heteroatoms. The number of hydrogen-bond donors (Lipinski definition) is 0. The van der Waals surface area contributed by atoms with Crippen molar-refractivity contribution in [3.05, 3.63) is 91.0 Å². The molecule has 0 fully saturated rings. The summed E-state index contributed by atoms with van der Waals surface area (Å²) in [6.45, 7) is 6.31. The topological polar surface area (TPSA) is 27.1 Å². The van der Waals surface area contributed by atoms with Crippen LogP contribution in [0.1, 0.15) is 30.6 Å². The van der Waals surface area contributed by atoms with E-state index in [0.717, 1.165) is 23.4 Å². The van der Waals surface area contributed by atoms with E-state index in [4.69, 9.17) is 4.74 Å². The molecule has 0 amide bonds. The van der Waals surface area contributed by atoms with E-state index in [-0.39, 0.29) is 6.10 Å². The molecule has 3 nitrogen and oxygen atoms in total. The summed E-state index contributed by atoms with van der Waals surface area (Å²) in [7, 11) is 0. The van der Waals surface area contributed by atoms with Crippen LogP contribution in [0.5, 0.6) is 5.75 Å². The van der Waals surface area contributed by atoms with Crippen molar-refractivity contribution in [1.82, 2.24) is 9.55 Å². The largest absolute Gasteiger partial charge is 0.485 e. The van der Waals surface area contributed by atoms with E-state index in [1.165, 1.54) is 5.56 Å². The molecule has 0 N–H and O–H groups in total. The second-order valence-corrected chi connectivity index (χ2v) is 5.34. The van der Waals surface area contributed by atoms with Crippen molar-refractivity contribution in [2.24, 2.45) is 0 Å². The predicted octanol–water partition coefficient (Wildman–Crippen LogP) is 4.93. The van der Waals surface area contributed by atoms with Gasteiger partial charge in [0, 0.05) is 18.0 Å². The Kier molecular flexibility index (Phi) is 4.57. The monoisotopic (exact) mass is 304 g/mol. The molecule has 0 aliphatic rings. The Bertz CT molecular complexity index is 763. The number of ether oxygens (including phenoxy) is 1. The van der Waals surface area contributed by atoms with Gasteiger partial charge >= 0.3 is 0 Å². The van der Waals surface area contributed by atoms with Crippen molar-refractivity contribution >= 4 is 5.70 Å². The first-order valence-corrected chi connectivity index (χ1v) is 7.78. The molecule has 0 bridgehead atoms. The van der Waals surface area contributed by atoms with Crippen LogP contribution in [-0.4, -0.2) is 9.55 Å². The van der Waals surface area contributed by atoms with Gasteiger partial charge in [0.25, 0.3) is 0 Å². The van der Waals surface area contributed by atoms with Gasteiger partial charge in [-0.1, -0.05) is 56.0 Å². The minimum atomic E-state index is 0.0212. The highest BCUT2D eigenvalue weighted by molar-refractivity contribution is 5.68. The van der Waals surface area contributed by atoms with E-state index in [1.54, 1.807) is 12.5 Å². The van der Waals surface area contributed by atoms with Gasteiger partial charge < -0.3 is 9.30 Å². The summed E-state index contributed by atoms with van der Waals surface area (Å²) in [6, 6.07) is 18.3. The van der Waals surface area contributed by atoms with Gasteiger partial charge in [-0.25, -0.2) is 4.98 Å². The molecule has 0 aliphatic heterocycles. The van der Waals surface area contributed by atoms with Crippen LogP contribution in [0, 0.1) is 0 Å². The molecule has 23 heavy (non-hydrogen) atoms.